The Bertz CT molecular complexity index is 638. The molecule has 1 aliphatic heterocycles. The van der Waals surface area contributed by atoms with Crippen LogP contribution in [0.25, 0.3) is 11.0 Å². The van der Waals surface area contributed by atoms with Gasteiger partial charge in [-0.25, -0.2) is 4.79 Å². The Morgan fingerprint density at radius 2 is 2.05 bits per heavy atom. The van der Waals surface area contributed by atoms with Gasteiger partial charge in [0, 0.05) is 30.9 Å². The normalized spacial score (nSPS) is 19.5. The Morgan fingerprint density at radius 3 is 2.75 bits per heavy atom. The van der Waals surface area contributed by atoms with E-state index < -0.39 is 0 Å². The van der Waals surface area contributed by atoms with Gasteiger partial charge in [-0.3, -0.25) is 4.57 Å². The molecule has 2 heterocycles. The molecular weight excluding hydrogens is 270 g/mol. The summed E-state index contributed by atoms with van der Waals surface area (Å²) in [7, 11) is 0. The van der Waals surface area contributed by atoms with E-state index in [1.807, 2.05) is 28.8 Å². The number of para-hydroxylation sites is 2. The fourth-order valence-electron chi connectivity index (χ4n) is 3.17. The maximum Gasteiger partial charge on any atom is 0.326 e. The monoisotopic (exact) mass is 291 g/mol. The standard InChI is InChI=1S/C15H21N3OS/c1-11(20)10-17-8-6-12(7-9-17)18-14-5-3-2-4-13(14)16-15(18)19/h2-5,11-12,20H,6-10H2,1H3,(H,16,19). The van der Waals surface area contributed by atoms with Gasteiger partial charge in [0.1, 0.15) is 0 Å². The van der Waals surface area contributed by atoms with E-state index in [4.69, 9.17) is 0 Å². The number of aromatic nitrogens is 2. The summed E-state index contributed by atoms with van der Waals surface area (Å²) >= 11 is 4.45. The average molecular weight is 291 g/mol. The van der Waals surface area contributed by atoms with E-state index in [0.29, 0.717) is 11.3 Å². The molecule has 1 aromatic heterocycles. The van der Waals surface area contributed by atoms with Crippen molar-refractivity contribution in [3.05, 3.63) is 34.7 Å². The lowest BCUT2D eigenvalue weighted by molar-refractivity contribution is 0.189. The highest BCUT2D eigenvalue weighted by Crippen LogP contribution is 2.24. The van der Waals surface area contributed by atoms with E-state index in [0.717, 1.165) is 43.5 Å². The van der Waals surface area contributed by atoms with E-state index in [1.54, 1.807) is 0 Å². The van der Waals surface area contributed by atoms with Gasteiger partial charge in [0.15, 0.2) is 0 Å². The fourth-order valence-corrected chi connectivity index (χ4v) is 3.40. The molecule has 0 radical (unpaired) electrons. The van der Waals surface area contributed by atoms with Crippen molar-refractivity contribution in [2.45, 2.75) is 31.1 Å². The van der Waals surface area contributed by atoms with Crippen LogP contribution in [0.5, 0.6) is 0 Å². The molecule has 0 saturated carbocycles. The number of imidazole rings is 1. The number of fused-ring (bicyclic) bond motifs is 1. The smallest absolute Gasteiger partial charge is 0.306 e. The number of rotatable bonds is 3. The molecule has 0 amide bonds. The molecule has 1 aliphatic rings. The molecule has 1 atom stereocenters. The van der Waals surface area contributed by atoms with Gasteiger partial charge in [0.05, 0.1) is 11.0 Å². The van der Waals surface area contributed by atoms with Gasteiger partial charge in [0.25, 0.3) is 0 Å². The van der Waals surface area contributed by atoms with Crippen LogP contribution in [0.2, 0.25) is 0 Å². The maximum atomic E-state index is 12.2. The average Bonchev–Trinajstić information content (AvgIpc) is 2.75. The second-order valence-electron chi connectivity index (χ2n) is 5.70. The molecule has 0 aliphatic carbocycles. The number of likely N-dealkylation sites (tertiary alicyclic amines) is 1. The summed E-state index contributed by atoms with van der Waals surface area (Å²) in [6, 6.07) is 8.24. The van der Waals surface area contributed by atoms with Crippen molar-refractivity contribution in [2.24, 2.45) is 0 Å². The van der Waals surface area contributed by atoms with Crippen LogP contribution in [0.4, 0.5) is 0 Å². The first-order valence-electron chi connectivity index (χ1n) is 7.25. The lowest BCUT2D eigenvalue weighted by Gasteiger charge is -2.33. The highest BCUT2D eigenvalue weighted by molar-refractivity contribution is 7.80. The number of thiol groups is 1. The van der Waals surface area contributed by atoms with Crippen molar-refractivity contribution in [3.8, 4) is 0 Å². The molecule has 3 rings (SSSR count). The number of H-pyrrole nitrogens is 1. The largest absolute Gasteiger partial charge is 0.326 e. The molecule has 20 heavy (non-hydrogen) atoms. The molecule has 1 unspecified atom stereocenters. The van der Waals surface area contributed by atoms with Crippen LogP contribution in [0.1, 0.15) is 25.8 Å². The Morgan fingerprint density at radius 1 is 1.35 bits per heavy atom. The van der Waals surface area contributed by atoms with Crippen molar-refractivity contribution < 1.29 is 0 Å². The number of nitrogens with one attached hydrogen (secondary N) is 1. The number of piperidine rings is 1. The number of aromatic amines is 1. The molecule has 1 saturated heterocycles. The van der Waals surface area contributed by atoms with Gasteiger partial charge >= 0.3 is 5.69 Å². The van der Waals surface area contributed by atoms with Crippen LogP contribution >= 0.6 is 12.6 Å². The molecule has 108 valence electrons. The van der Waals surface area contributed by atoms with E-state index >= 15 is 0 Å². The summed E-state index contributed by atoms with van der Waals surface area (Å²) in [6.07, 6.45) is 2.06. The summed E-state index contributed by atoms with van der Waals surface area (Å²) < 4.78 is 1.94. The second-order valence-corrected chi connectivity index (χ2v) is 6.58. The molecule has 5 heteroatoms. The van der Waals surface area contributed by atoms with Gasteiger partial charge < -0.3 is 9.88 Å². The third-order valence-electron chi connectivity index (χ3n) is 4.07. The van der Waals surface area contributed by atoms with E-state index in [-0.39, 0.29) is 5.69 Å². The van der Waals surface area contributed by atoms with Crippen molar-refractivity contribution in [2.75, 3.05) is 19.6 Å². The number of benzene rings is 1. The third kappa shape index (κ3) is 2.65. The van der Waals surface area contributed by atoms with Gasteiger partial charge in [-0.15, -0.1) is 0 Å². The minimum absolute atomic E-state index is 0.0206. The van der Waals surface area contributed by atoms with Crippen molar-refractivity contribution in [1.29, 1.82) is 0 Å². The van der Waals surface area contributed by atoms with Crippen molar-refractivity contribution >= 4 is 23.7 Å². The number of hydrogen-bond acceptors (Lipinski definition) is 3. The molecule has 1 fully saturated rings. The summed E-state index contributed by atoms with van der Waals surface area (Å²) in [6.45, 7) is 5.24. The zero-order valence-corrected chi connectivity index (χ0v) is 12.6. The van der Waals surface area contributed by atoms with Crippen molar-refractivity contribution in [3.63, 3.8) is 0 Å². The molecule has 1 N–H and O–H groups in total. The van der Waals surface area contributed by atoms with Gasteiger partial charge in [-0.2, -0.15) is 12.6 Å². The van der Waals surface area contributed by atoms with Crippen LogP contribution in [-0.2, 0) is 0 Å². The van der Waals surface area contributed by atoms with Crippen LogP contribution in [0, 0.1) is 0 Å². The van der Waals surface area contributed by atoms with Gasteiger partial charge in [0.2, 0.25) is 0 Å². The zero-order valence-electron chi connectivity index (χ0n) is 11.7. The quantitative estimate of drug-likeness (QED) is 0.852. The van der Waals surface area contributed by atoms with Crippen LogP contribution < -0.4 is 5.69 Å². The van der Waals surface area contributed by atoms with Crippen LogP contribution in [0.3, 0.4) is 0 Å². The first-order valence-corrected chi connectivity index (χ1v) is 7.76. The van der Waals surface area contributed by atoms with Crippen molar-refractivity contribution in [1.82, 2.24) is 14.5 Å². The van der Waals surface area contributed by atoms with Gasteiger partial charge in [-0.05, 0) is 25.0 Å². The molecule has 0 spiro atoms. The zero-order chi connectivity index (χ0) is 14.1. The number of nitrogens with zero attached hydrogens (tertiary/aromatic N) is 2. The Labute approximate surface area is 124 Å². The summed E-state index contributed by atoms with van der Waals surface area (Å²) in [5.74, 6) is 0. The molecule has 0 bridgehead atoms. The Kier molecular flexibility index (Phi) is 3.89. The summed E-state index contributed by atoms with van der Waals surface area (Å²) in [5.41, 5.74) is 1.98. The molecule has 1 aromatic carbocycles. The van der Waals surface area contributed by atoms with E-state index in [2.05, 4.69) is 29.4 Å². The molecular formula is C15H21N3OS. The lowest BCUT2D eigenvalue weighted by Crippen LogP contribution is -2.39. The summed E-state index contributed by atoms with van der Waals surface area (Å²) in [4.78, 5) is 17.6. The SMILES string of the molecule is CC(S)CN1CCC(n2c(=O)[nH]c3ccccc32)CC1. The third-order valence-corrected chi connectivity index (χ3v) is 4.23. The highest BCUT2D eigenvalue weighted by Gasteiger charge is 2.23. The molecule has 2 aromatic rings. The minimum Gasteiger partial charge on any atom is -0.306 e. The topological polar surface area (TPSA) is 41.0 Å². The molecule has 4 nitrogen and oxygen atoms in total. The predicted molar refractivity (Wildman–Crippen MR) is 85.7 cm³/mol. The van der Waals surface area contributed by atoms with E-state index in [1.165, 1.54) is 0 Å². The lowest BCUT2D eigenvalue weighted by atomic mass is 10.0. The highest BCUT2D eigenvalue weighted by atomic mass is 32.1. The fraction of sp³-hybridized carbons (Fsp3) is 0.533. The first kappa shape index (κ1) is 13.8. The Hall–Kier alpha value is -1.20. The van der Waals surface area contributed by atoms with E-state index in [9.17, 15) is 4.79 Å². The van der Waals surface area contributed by atoms with Crippen LogP contribution in [-0.4, -0.2) is 39.3 Å². The van der Waals surface area contributed by atoms with Crippen LogP contribution in [0.15, 0.2) is 29.1 Å². The maximum absolute atomic E-state index is 12.2. The second kappa shape index (κ2) is 5.66. The Balaban J connectivity index is 1.80. The number of hydrogen-bond donors (Lipinski definition) is 2. The minimum atomic E-state index is 0.0206. The first-order chi connectivity index (χ1) is 9.65. The summed E-state index contributed by atoms with van der Waals surface area (Å²) in [5, 5.41) is 0.405. The predicted octanol–water partition coefficient (Wildman–Crippen LogP) is 2.28. The van der Waals surface area contributed by atoms with Gasteiger partial charge in [-0.1, -0.05) is 19.1 Å².